The van der Waals surface area contributed by atoms with Crippen LogP contribution in [0.4, 0.5) is 4.39 Å². The van der Waals surface area contributed by atoms with Crippen LogP contribution in [-0.4, -0.2) is 22.2 Å². The molecule has 0 aliphatic rings. The Kier molecular flexibility index (Phi) is 5.62. The van der Waals surface area contributed by atoms with E-state index in [1.165, 1.54) is 11.6 Å². The number of hydrogen-bond donors (Lipinski definition) is 2. The Morgan fingerprint density at radius 1 is 1.21 bits per heavy atom. The summed E-state index contributed by atoms with van der Waals surface area (Å²) in [7, 11) is 0. The average molecular weight is 394 g/mol. The molecule has 5 heteroatoms. The van der Waals surface area contributed by atoms with Crippen LogP contribution < -0.4 is 5.73 Å². The third kappa shape index (κ3) is 4.10. The van der Waals surface area contributed by atoms with Crippen LogP contribution in [0.15, 0.2) is 54.4 Å². The van der Waals surface area contributed by atoms with Crippen molar-refractivity contribution >= 4 is 16.9 Å². The van der Waals surface area contributed by atoms with Crippen LogP contribution in [0.2, 0.25) is 0 Å². The summed E-state index contributed by atoms with van der Waals surface area (Å²) in [6, 6.07) is 13.2. The Hall–Kier alpha value is -2.92. The molecule has 0 saturated heterocycles. The topological polar surface area (TPSA) is 68.2 Å². The molecule has 3 rings (SSSR count). The quantitative estimate of drug-likeness (QED) is 0.607. The first-order valence-electron chi connectivity index (χ1n) is 9.65. The molecule has 0 aliphatic carbocycles. The minimum Gasteiger partial charge on any atom is -0.478 e. The molecule has 0 radical (unpaired) electrons. The molecule has 0 unspecified atom stereocenters. The number of nitrogens with two attached hydrogens (primary N) is 1. The summed E-state index contributed by atoms with van der Waals surface area (Å²) in [4.78, 5) is 11.5. The number of carboxylic acid groups (broad SMARTS) is 1. The number of carbonyl (C=O) groups is 1. The van der Waals surface area contributed by atoms with Gasteiger partial charge in [-0.3, -0.25) is 0 Å². The predicted octanol–water partition coefficient (Wildman–Crippen LogP) is 5.42. The zero-order chi connectivity index (χ0) is 21.3. The summed E-state index contributed by atoms with van der Waals surface area (Å²) < 4.78 is 16.2. The monoisotopic (exact) mass is 394 g/mol. The van der Waals surface area contributed by atoms with Crippen molar-refractivity contribution in [3.8, 4) is 11.1 Å². The molecule has 0 spiro atoms. The smallest absolute Gasteiger partial charge is 0.335 e. The summed E-state index contributed by atoms with van der Waals surface area (Å²) in [5, 5.41) is 10.3. The second kappa shape index (κ2) is 7.84. The van der Waals surface area contributed by atoms with Gasteiger partial charge < -0.3 is 15.4 Å². The van der Waals surface area contributed by atoms with Crippen molar-refractivity contribution in [3.63, 3.8) is 0 Å². The Labute approximate surface area is 170 Å². The molecule has 0 bridgehead atoms. The van der Waals surface area contributed by atoms with Gasteiger partial charge in [0, 0.05) is 28.7 Å². The number of rotatable bonds is 5. The summed E-state index contributed by atoms with van der Waals surface area (Å²) in [6.07, 6.45) is 1.36. The molecule has 0 amide bonds. The third-order valence-corrected chi connectivity index (χ3v) is 5.24. The fourth-order valence-corrected chi connectivity index (χ4v) is 3.67. The molecule has 0 saturated carbocycles. The van der Waals surface area contributed by atoms with Crippen LogP contribution in [0.5, 0.6) is 0 Å². The van der Waals surface area contributed by atoms with Crippen LogP contribution in [0.3, 0.4) is 0 Å². The molecule has 0 aliphatic heterocycles. The first-order chi connectivity index (χ1) is 13.6. The molecule has 3 aromatic rings. The molecule has 29 heavy (non-hydrogen) atoms. The molecular formula is C24H27FN2O2. The normalized spacial score (nSPS) is 12.6. The first kappa shape index (κ1) is 20.8. The Balaban J connectivity index is 2.30. The lowest BCUT2D eigenvalue weighted by Crippen LogP contribution is -2.10. The van der Waals surface area contributed by atoms with Gasteiger partial charge in [0.05, 0.1) is 12.1 Å². The standard InChI is InChI=1S/C24H27FN2O2/c1-15-22(16-6-5-7-18(12-16)24(2,3)4)20-13-17(23(28)29)8-9-21(20)27(15)14-19(25)10-11-26/h5-10,12-13H,11,14,26H2,1-4H3,(H,28,29)/b19-10-. The van der Waals surface area contributed by atoms with Crippen molar-refractivity contribution in [3.05, 3.63) is 71.2 Å². The van der Waals surface area contributed by atoms with Crippen molar-refractivity contribution in [1.29, 1.82) is 0 Å². The van der Waals surface area contributed by atoms with Crippen molar-refractivity contribution in [2.45, 2.75) is 39.7 Å². The highest BCUT2D eigenvalue weighted by molar-refractivity contribution is 6.02. The number of allylic oxidation sites excluding steroid dienone is 1. The van der Waals surface area contributed by atoms with E-state index in [0.29, 0.717) is 0 Å². The van der Waals surface area contributed by atoms with Gasteiger partial charge in [0.25, 0.3) is 0 Å². The maximum atomic E-state index is 14.3. The molecular weight excluding hydrogens is 367 g/mol. The minimum atomic E-state index is -0.985. The second-order valence-electron chi connectivity index (χ2n) is 8.30. The molecule has 0 atom stereocenters. The SMILES string of the molecule is Cc1c(-c2cccc(C(C)(C)C)c2)c2cc(C(=O)O)ccc2n1C/C(F)=C/CN. The van der Waals surface area contributed by atoms with Gasteiger partial charge in [0.15, 0.2) is 0 Å². The van der Waals surface area contributed by atoms with Crippen molar-refractivity contribution in [1.82, 2.24) is 4.57 Å². The Bertz CT molecular complexity index is 1100. The number of fused-ring (bicyclic) bond motifs is 1. The molecule has 1 heterocycles. The van der Waals surface area contributed by atoms with Crippen LogP contribution in [0, 0.1) is 6.92 Å². The van der Waals surface area contributed by atoms with Gasteiger partial charge in [-0.1, -0.05) is 45.0 Å². The summed E-state index contributed by atoms with van der Waals surface area (Å²) in [5.74, 6) is -1.30. The van der Waals surface area contributed by atoms with E-state index in [2.05, 4.69) is 32.9 Å². The predicted molar refractivity (Wildman–Crippen MR) is 116 cm³/mol. The molecule has 4 nitrogen and oxygen atoms in total. The van der Waals surface area contributed by atoms with E-state index in [9.17, 15) is 14.3 Å². The summed E-state index contributed by atoms with van der Waals surface area (Å²) in [6.45, 7) is 8.58. The zero-order valence-corrected chi connectivity index (χ0v) is 17.3. The highest BCUT2D eigenvalue weighted by Crippen LogP contribution is 2.37. The van der Waals surface area contributed by atoms with Crippen molar-refractivity contribution in [2.75, 3.05) is 6.54 Å². The van der Waals surface area contributed by atoms with Crippen molar-refractivity contribution < 1.29 is 14.3 Å². The van der Waals surface area contributed by atoms with E-state index in [4.69, 9.17) is 5.73 Å². The maximum Gasteiger partial charge on any atom is 0.335 e. The lowest BCUT2D eigenvalue weighted by molar-refractivity contribution is 0.0697. The Morgan fingerprint density at radius 3 is 2.55 bits per heavy atom. The number of hydrogen-bond acceptors (Lipinski definition) is 2. The highest BCUT2D eigenvalue weighted by Gasteiger charge is 2.20. The molecule has 1 aromatic heterocycles. The van der Waals surface area contributed by atoms with Gasteiger partial charge >= 0.3 is 5.97 Å². The number of nitrogens with zero attached hydrogens (tertiary/aromatic N) is 1. The van der Waals surface area contributed by atoms with Gasteiger partial charge in [0.2, 0.25) is 0 Å². The number of aromatic nitrogens is 1. The van der Waals surface area contributed by atoms with Crippen molar-refractivity contribution in [2.24, 2.45) is 5.73 Å². The van der Waals surface area contributed by atoms with Crippen LogP contribution in [-0.2, 0) is 12.0 Å². The van der Waals surface area contributed by atoms with Gasteiger partial charge in [-0.2, -0.15) is 0 Å². The maximum absolute atomic E-state index is 14.3. The van der Waals surface area contributed by atoms with Gasteiger partial charge in [-0.05, 0) is 47.7 Å². The van der Waals surface area contributed by atoms with Crippen LogP contribution >= 0.6 is 0 Å². The molecule has 152 valence electrons. The van der Waals surface area contributed by atoms with E-state index in [1.54, 1.807) is 18.2 Å². The third-order valence-electron chi connectivity index (χ3n) is 5.24. The van der Waals surface area contributed by atoms with E-state index >= 15 is 0 Å². The fourth-order valence-electron chi connectivity index (χ4n) is 3.67. The second-order valence-corrected chi connectivity index (χ2v) is 8.30. The van der Waals surface area contributed by atoms with Crippen LogP contribution in [0.25, 0.3) is 22.0 Å². The number of carboxylic acids is 1. The van der Waals surface area contributed by atoms with E-state index in [1.807, 2.05) is 23.6 Å². The summed E-state index contributed by atoms with van der Waals surface area (Å²) >= 11 is 0. The number of halogens is 1. The van der Waals surface area contributed by atoms with E-state index in [-0.39, 0.29) is 29.9 Å². The van der Waals surface area contributed by atoms with Gasteiger partial charge in [0.1, 0.15) is 5.83 Å². The lowest BCUT2D eigenvalue weighted by Gasteiger charge is -2.20. The zero-order valence-electron chi connectivity index (χ0n) is 17.3. The van der Waals surface area contributed by atoms with E-state index < -0.39 is 5.97 Å². The van der Waals surface area contributed by atoms with Crippen LogP contribution in [0.1, 0.15) is 42.4 Å². The Morgan fingerprint density at radius 2 is 1.93 bits per heavy atom. The minimum absolute atomic E-state index is 0.0233. The summed E-state index contributed by atoms with van der Waals surface area (Å²) in [5.41, 5.74) is 10.4. The number of benzene rings is 2. The number of aromatic carboxylic acids is 1. The lowest BCUT2D eigenvalue weighted by atomic mass is 9.85. The molecule has 0 fully saturated rings. The van der Waals surface area contributed by atoms with E-state index in [0.717, 1.165) is 27.7 Å². The fraction of sp³-hybridized carbons (Fsp3) is 0.292. The molecule has 3 N–H and O–H groups in total. The molecule has 2 aromatic carbocycles. The largest absolute Gasteiger partial charge is 0.478 e. The first-order valence-corrected chi connectivity index (χ1v) is 9.65. The highest BCUT2D eigenvalue weighted by atomic mass is 19.1. The van der Waals surface area contributed by atoms with Gasteiger partial charge in [-0.25, -0.2) is 9.18 Å². The average Bonchev–Trinajstić information content (AvgIpc) is 2.92. The van der Waals surface area contributed by atoms with Gasteiger partial charge in [-0.15, -0.1) is 0 Å².